The third-order valence-corrected chi connectivity index (χ3v) is 2.20. The van der Waals surface area contributed by atoms with Crippen LogP contribution in [0.2, 0.25) is 0 Å². The van der Waals surface area contributed by atoms with Gasteiger partial charge in [0.2, 0.25) is 0 Å². The Kier molecular flexibility index (Phi) is 3.00. The smallest absolute Gasteiger partial charge is 0.339 e. The summed E-state index contributed by atoms with van der Waals surface area (Å²) < 4.78 is 26.9. The Bertz CT molecular complexity index is 597. The van der Waals surface area contributed by atoms with Crippen LogP contribution >= 0.6 is 0 Å². The highest BCUT2D eigenvalue weighted by Crippen LogP contribution is 2.23. The SMILES string of the molecule is Cn1ccc(-c2ncc(C(=O)O)c(C(F)F)n2)n1. The summed E-state index contributed by atoms with van der Waals surface area (Å²) in [6, 6.07) is 1.55. The number of nitrogens with zero attached hydrogens (tertiary/aromatic N) is 4. The van der Waals surface area contributed by atoms with Crippen molar-refractivity contribution in [2.24, 2.45) is 7.05 Å². The Morgan fingerprint density at radius 3 is 2.72 bits per heavy atom. The zero-order chi connectivity index (χ0) is 13.3. The lowest BCUT2D eigenvalue weighted by Crippen LogP contribution is -2.08. The molecular formula is C10H8F2N4O2. The normalized spacial score (nSPS) is 10.9. The molecule has 0 spiro atoms. The predicted octanol–water partition coefficient (Wildman–Crippen LogP) is 1.51. The van der Waals surface area contributed by atoms with E-state index in [9.17, 15) is 13.6 Å². The molecule has 0 unspecified atom stereocenters. The predicted molar refractivity (Wildman–Crippen MR) is 56.2 cm³/mol. The van der Waals surface area contributed by atoms with Crippen LogP contribution in [0.15, 0.2) is 18.5 Å². The van der Waals surface area contributed by atoms with Crippen molar-refractivity contribution in [3.05, 3.63) is 29.7 Å². The number of carboxylic acid groups (broad SMARTS) is 1. The third kappa shape index (κ3) is 2.17. The number of hydrogen-bond donors (Lipinski definition) is 1. The number of carbonyl (C=O) groups is 1. The summed E-state index contributed by atoms with van der Waals surface area (Å²) in [6.45, 7) is 0. The van der Waals surface area contributed by atoms with Gasteiger partial charge in [-0.25, -0.2) is 23.5 Å². The Morgan fingerprint density at radius 2 is 2.22 bits per heavy atom. The summed E-state index contributed by atoms with van der Waals surface area (Å²) in [5, 5.41) is 12.7. The number of carboxylic acids is 1. The second-order valence-corrected chi connectivity index (χ2v) is 3.47. The van der Waals surface area contributed by atoms with Crippen LogP contribution in [0.25, 0.3) is 11.5 Å². The molecule has 0 aliphatic heterocycles. The number of aromatic carboxylic acids is 1. The summed E-state index contributed by atoms with van der Waals surface area (Å²) in [5.74, 6) is -1.52. The quantitative estimate of drug-likeness (QED) is 0.897. The van der Waals surface area contributed by atoms with Crippen molar-refractivity contribution in [1.29, 1.82) is 0 Å². The minimum atomic E-state index is -2.98. The van der Waals surface area contributed by atoms with Crippen LogP contribution in [0.1, 0.15) is 22.5 Å². The number of alkyl halides is 2. The van der Waals surface area contributed by atoms with Crippen LogP contribution in [0, 0.1) is 0 Å². The first-order valence-electron chi connectivity index (χ1n) is 4.87. The maximum atomic E-state index is 12.7. The zero-order valence-corrected chi connectivity index (χ0v) is 9.21. The second-order valence-electron chi connectivity index (χ2n) is 3.47. The molecule has 0 saturated heterocycles. The van der Waals surface area contributed by atoms with Gasteiger partial charge in [0.15, 0.2) is 5.82 Å². The number of rotatable bonds is 3. The molecule has 2 aromatic heterocycles. The summed E-state index contributed by atoms with van der Waals surface area (Å²) in [4.78, 5) is 18.0. The summed E-state index contributed by atoms with van der Waals surface area (Å²) in [5.41, 5.74) is -1.11. The lowest BCUT2D eigenvalue weighted by Gasteiger charge is -2.04. The molecule has 0 fully saturated rings. The molecule has 1 N–H and O–H groups in total. The maximum absolute atomic E-state index is 12.7. The summed E-state index contributed by atoms with van der Waals surface area (Å²) in [7, 11) is 1.66. The molecule has 2 rings (SSSR count). The molecule has 0 atom stereocenters. The van der Waals surface area contributed by atoms with E-state index in [-0.39, 0.29) is 5.82 Å². The van der Waals surface area contributed by atoms with E-state index >= 15 is 0 Å². The average Bonchev–Trinajstić information content (AvgIpc) is 2.75. The molecule has 2 aromatic rings. The van der Waals surface area contributed by atoms with Crippen molar-refractivity contribution in [2.75, 3.05) is 0 Å². The van der Waals surface area contributed by atoms with Gasteiger partial charge in [0.1, 0.15) is 17.0 Å². The molecule has 18 heavy (non-hydrogen) atoms. The third-order valence-electron chi connectivity index (χ3n) is 2.20. The van der Waals surface area contributed by atoms with Gasteiger partial charge in [-0.2, -0.15) is 5.10 Å². The Hall–Kier alpha value is -2.38. The molecule has 6 nitrogen and oxygen atoms in total. The van der Waals surface area contributed by atoms with Crippen molar-refractivity contribution >= 4 is 5.97 Å². The molecular weight excluding hydrogens is 246 g/mol. The first-order valence-corrected chi connectivity index (χ1v) is 4.87. The number of hydrogen-bond acceptors (Lipinski definition) is 4. The van der Waals surface area contributed by atoms with Gasteiger partial charge in [0.05, 0.1) is 0 Å². The molecule has 94 valence electrons. The largest absolute Gasteiger partial charge is 0.478 e. The van der Waals surface area contributed by atoms with Gasteiger partial charge in [-0.15, -0.1) is 0 Å². The number of aromatic nitrogens is 4. The molecule has 0 radical (unpaired) electrons. The van der Waals surface area contributed by atoms with E-state index in [1.807, 2.05) is 0 Å². The number of aryl methyl sites for hydroxylation is 1. The van der Waals surface area contributed by atoms with Gasteiger partial charge in [-0.1, -0.05) is 0 Å². The average molecular weight is 254 g/mol. The second kappa shape index (κ2) is 4.47. The van der Waals surface area contributed by atoms with Crippen LogP contribution in [-0.2, 0) is 7.05 Å². The van der Waals surface area contributed by atoms with Crippen LogP contribution in [0.5, 0.6) is 0 Å². The van der Waals surface area contributed by atoms with Gasteiger partial charge in [-0.05, 0) is 6.07 Å². The molecule has 2 heterocycles. The Morgan fingerprint density at radius 1 is 1.50 bits per heavy atom. The molecule has 0 aliphatic rings. The minimum absolute atomic E-state index is 0.0316. The van der Waals surface area contributed by atoms with Gasteiger partial charge < -0.3 is 5.11 Å². The van der Waals surface area contributed by atoms with E-state index in [1.165, 1.54) is 4.68 Å². The molecule has 8 heteroatoms. The van der Waals surface area contributed by atoms with Crippen molar-refractivity contribution in [1.82, 2.24) is 19.7 Å². The Balaban J connectivity index is 2.53. The summed E-state index contributed by atoms with van der Waals surface area (Å²) in [6.07, 6.45) is -0.520. The van der Waals surface area contributed by atoms with Gasteiger partial charge in [-0.3, -0.25) is 4.68 Å². The van der Waals surface area contributed by atoms with E-state index in [1.54, 1.807) is 19.3 Å². The zero-order valence-electron chi connectivity index (χ0n) is 9.21. The van der Waals surface area contributed by atoms with Crippen LogP contribution in [0.3, 0.4) is 0 Å². The molecule has 0 amide bonds. The first-order chi connectivity index (χ1) is 8.49. The summed E-state index contributed by atoms with van der Waals surface area (Å²) >= 11 is 0. The molecule has 0 aliphatic carbocycles. The number of halogens is 2. The van der Waals surface area contributed by atoms with Crippen molar-refractivity contribution in [2.45, 2.75) is 6.43 Å². The fourth-order valence-corrected chi connectivity index (χ4v) is 1.38. The van der Waals surface area contributed by atoms with Gasteiger partial charge in [0.25, 0.3) is 6.43 Å². The van der Waals surface area contributed by atoms with Gasteiger partial charge >= 0.3 is 5.97 Å². The van der Waals surface area contributed by atoms with E-state index in [2.05, 4.69) is 15.1 Å². The highest BCUT2D eigenvalue weighted by atomic mass is 19.3. The van der Waals surface area contributed by atoms with Crippen LogP contribution < -0.4 is 0 Å². The van der Waals surface area contributed by atoms with E-state index in [0.717, 1.165) is 6.20 Å². The van der Waals surface area contributed by atoms with E-state index < -0.39 is 23.7 Å². The highest BCUT2D eigenvalue weighted by molar-refractivity contribution is 5.88. The van der Waals surface area contributed by atoms with E-state index in [0.29, 0.717) is 5.69 Å². The van der Waals surface area contributed by atoms with Gasteiger partial charge in [0, 0.05) is 19.4 Å². The Labute approximate surface area is 99.9 Å². The maximum Gasteiger partial charge on any atom is 0.339 e. The highest BCUT2D eigenvalue weighted by Gasteiger charge is 2.22. The minimum Gasteiger partial charge on any atom is -0.478 e. The fourth-order valence-electron chi connectivity index (χ4n) is 1.38. The lowest BCUT2D eigenvalue weighted by atomic mass is 10.2. The first kappa shape index (κ1) is 12.1. The molecule has 0 aromatic carbocycles. The topological polar surface area (TPSA) is 80.9 Å². The monoisotopic (exact) mass is 254 g/mol. The van der Waals surface area contributed by atoms with Crippen LogP contribution in [0.4, 0.5) is 8.78 Å². The van der Waals surface area contributed by atoms with Crippen LogP contribution in [-0.4, -0.2) is 30.8 Å². The molecule has 0 saturated carbocycles. The van der Waals surface area contributed by atoms with Crippen molar-refractivity contribution < 1.29 is 18.7 Å². The molecule has 0 bridgehead atoms. The fraction of sp³-hybridized carbons (Fsp3) is 0.200. The van der Waals surface area contributed by atoms with Crippen molar-refractivity contribution in [3.63, 3.8) is 0 Å². The standard InChI is InChI=1S/C10H8F2N4O2/c1-16-3-2-6(15-16)9-13-4-5(10(17)18)7(14-9)8(11)12/h2-4,8H,1H3,(H,17,18). The van der Waals surface area contributed by atoms with E-state index in [4.69, 9.17) is 5.11 Å². The lowest BCUT2D eigenvalue weighted by molar-refractivity contribution is 0.0681. The van der Waals surface area contributed by atoms with Crippen molar-refractivity contribution in [3.8, 4) is 11.5 Å².